The summed E-state index contributed by atoms with van der Waals surface area (Å²) in [6, 6.07) is 9.52. The van der Waals surface area contributed by atoms with E-state index in [2.05, 4.69) is 10.3 Å². The highest BCUT2D eigenvalue weighted by atomic mass is 19.1. The van der Waals surface area contributed by atoms with Crippen molar-refractivity contribution < 1.29 is 4.39 Å². The Kier molecular flexibility index (Phi) is 5.28. The molecular weight excluding hydrogens is 265 g/mol. The molecule has 0 bridgehead atoms. The van der Waals surface area contributed by atoms with Gasteiger partial charge in [0.25, 0.3) is 0 Å². The molecule has 0 aliphatic heterocycles. The number of nitrogens with one attached hydrogen (secondary N) is 1. The average molecular weight is 287 g/mol. The number of pyridine rings is 1. The van der Waals surface area contributed by atoms with E-state index in [9.17, 15) is 4.39 Å². The third kappa shape index (κ3) is 3.79. The van der Waals surface area contributed by atoms with Crippen molar-refractivity contribution in [1.29, 1.82) is 0 Å². The molecular formula is C17H22FN3. The Morgan fingerprint density at radius 1 is 1.24 bits per heavy atom. The van der Waals surface area contributed by atoms with E-state index in [1.807, 2.05) is 50.1 Å². The Bertz CT molecular complexity index is 572. The lowest BCUT2D eigenvalue weighted by atomic mass is 10.1. The van der Waals surface area contributed by atoms with Gasteiger partial charge in [0.2, 0.25) is 0 Å². The van der Waals surface area contributed by atoms with E-state index in [-0.39, 0.29) is 11.9 Å². The minimum atomic E-state index is -0.175. The van der Waals surface area contributed by atoms with E-state index < -0.39 is 0 Å². The van der Waals surface area contributed by atoms with Crippen LogP contribution in [0.15, 0.2) is 42.7 Å². The highest BCUT2D eigenvalue weighted by Gasteiger charge is 2.13. The van der Waals surface area contributed by atoms with E-state index in [1.54, 1.807) is 18.5 Å². The maximum absolute atomic E-state index is 14.4. The van der Waals surface area contributed by atoms with E-state index in [0.29, 0.717) is 12.2 Å². The number of rotatable bonds is 6. The molecule has 2 aromatic rings. The summed E-state index contributed by atoms with van der Waals surface area (Å²) in [7, 11) is 1.87. The molecule has 1 heterocycles. The smallest absolute Gasteiger partial charge is 0.146 e. The van der Waals surface area contributed by atoms with Crippen molar-refractivity contribution >= 4 is 5.69 Å². The van der Waals surface area contributed by atoms with Crippen molar-refractivity contribution in [2.24, 2.45) is 0 Å². The van der Waals surface area contributed by atoms with Gasteiger partial charge in [-0.25, -0.2) is 4.39 Å². The van der Waals surface area contributed by atoms with Gasteiger partial charge in [0.05, 0.1) is 5.69 Å². The predicted octanol–water partition coefficient (Wildman–Crippen LogP) is 3.53. The highest BCUT2D eigenvalue weighted by Crippen LogP contribution is 2.24. The minimum Gasteiger partial charge on any atom is -0.365 e. The molecule has 0 saturated carbocycles. The van der Waals surface area contributed by atoms with Gasteiger partial charge < -0.3 is 10.2 Å². The lowest BCUT2D eigenvalue weighted by molar-refractivity contribution is 0.601. The molecule has 1 atom stereocenters. The zero-order chi connectivity index (χ0) is 15.2. The third-order valence-electron chi connectivity index (χ3n) is 3.75. The first-order valence-corrected chi connectivity index (χ1v) is 7.26. The molecule has 21 heavy (non-hydrogen) atoms. The first-order chi connectivity index (χ1) is 10.2. The summed E-state index contributed by atoms with van der Waals surface area (Å²) in [4.78, 5) is 6.04. The second-order valence-corrected chi connectivity index (χ2v) is 5.09. The second kappa shape index (κ2) is 7.18. The molecule has 1 aromatic carbocycles. The minimum absolute atomic E-state index is 0.142. The van der Waals surface area contributed by atoms with Crippen molar-refractivity contribution in [2.75, 3.05) is 18.5 Å². The van der Waals surface area contributed by atoms with Gasteiger partial charge in [-0.3, -0.25) is 4.98 Å². The SMILES string of the molecule is CCN(Cc1ccncc1)c1ccc(C(C)NC)cc1F. The molecule has 0 radical (unpaired) electrons. The number of aromatic nitrogens is 1. The van der Waals surface area contributed by atoms with Crippen LogP contribution >= 0.6 is 0 Å². The standard InChI is InChI=1S/C17H22FN3/c1-4-21(12-14-7-9-20-10-8-14)17-6-5-15(11-16(17)18)13(2)19-3/h5-11,13,19H,4,12H2,1-3H3. The molecule has 0 aliphatic carbocycles. The third-order valence-corrected chi connectivity index (χ3v) is 3.75. The van der Waals surface area contributed by atoms with Crippen LogP contribution < -0.4 is 10.2 Å². The van der Waals surface area contributed by atoms with Crippen LogP contribution in [0.2, 0.25) is 0 Å². The van der Waals surface area contributed by atoms with Crippen LogP contribution in [-0.2, 0) is 6.54 Å². The topological polar surface area (TPSA) is 28.2 Å². The van der Waals surface area contributed by atoms with Gasteiger partial charge in [-0.2, -0.15) is 0 Å². The maximum Gasteiger partial charge on any atom is 0.146 e. The van der Waals surface area contributed by atoms with Crippen molar-refractivity contribution in [3.63, 3.8) is 0 Å². The van der Waals surface area contributed by atoms with Crippen LogP contribution in [0.4, 0.5) is 10.1 Å². The predicted molar refractivity (Wildman–Crippen MR) is 84.8 cm³/mol. The number of hydrogen-bond donors (Lipinski definition) is 1. The molecule has 1 N–H and O–H groups in total. The van der Waals surface area contributed by atoms with Crippen molar-refractivity contribution in [3.8, 4) is 0 Å². The van der Waals surface area contributed by atoms with Crippen molar-refractivity contribution in [3.05, 3.63) is 59.7 Å². The normalized spacial score (nSPS) is 12.2. The Labute approximate surface area is 125 Å². The zero-order valence-corrected chi connectivity index (χ0v) is 12.8. The molecule has 0 spiro atoms. The summed E-state index contributed by atoms with van der Waals surface area (Å²) in [5, 5.41) is 3.12. The number of hydrogen-bond acceptors (Lipinski definition) is 3. The van der Waals surface area contributed by atoms with E-state index >= 15 is 0 Å². The Hall–Kier alpha value is -1.94. The highest BCUT2D eigenvalue weighted by molar-refractivity contribution is 5.50. The Balaban J connectivity index is 2.22. The molecule has 0 amide bonds. The van der Waals surface area contributed by atoms with Gasteiger partial charge in [-0.15, -0.1) is 0 Å². The van der Waals surface area contributed by atoms with Crippen LogP contribution in [-0.4, -0.2) is 18.6 Å². The second-order valence-electron chi connectivity index (χ2n) is 5.09. The van der Waals surface area contributed by atoms with Gasteiger partial charge in [0.1, 0.15) is 5.82 Å². The quantitative estimate of drug-likeness (QED) is 0.881. The largest absolute Gasteiger partial charge is 0.365 e. The molecule has 0 fully saturated rings. The Morgan fingerprint density at radius 3 is 2.52 bits per heavy atom. The summed E-state index contributed by atoms with van der Waals surface area (Å²) in [6.07, 6.45) is 3.52. The molecule has 3 nitrogen and oxygen atoms in total. The van der Waals surface area contributed by atoms with Crippen LogP contribution in [0, 0.1) is 5.82 Å². The van der Waals surface area contributed by atoms with Crippen molar-refractivity contribution in [1.82, 2.24) is 10.3 Å². The van der Waals surface area contributed by atoms with Gasteiger partial charge in [-0.05, 0) is 56.3 Å². The van der Waals surface area contributed by atoms with Crippen LogP contribution in [0.5, 0.6) is 0 Å². The van der Waals surface area contributed by atoms with E-state index in [0.717, 1.165) is 17.7 Å². The lowest BCUT2D eigenvalue weighted by Gasteiger charge is -2.24. The van der Waals surface area contributed by atoms with Gasteiger partial charge >= 0.3 is 0 Å². The summed E-state index contributed by atoms with van der Waals surface area (Å²) in [5.74, 6) is -0.175. The monoisotopic (exact) mass is 287 g/mol. The van der Waals surface area contributed by atoms with Crippen molar-refractivity contribution in [2.45, 2.75) is 26.4 Å². The zero-order valence-electron chi connectivity index (χ0n) is 12.8. The molecule has 0 saturated heterocycles. The first kappa shape index (κ1) is 15.4. The average Bonchev–Trinajstić information content (AvgIpc) is 2.53. The summed E-state index contributed by atoms with van der Waals surface area (Å²) in [5.41, 5.74) is 2.72. The van der Waals surface area contributed by atoms with Gasteiger partial charge in [0.15, 0.2) is 0 Å². The number of nitrogens with zero attached hydrogens (tertiary/aromatic N) is 2. The molecule has 2 rings (SSSR count). The molecule has 4 heteroatoms. The van der Waals surface area contributed by atoms with Gasteiger partial charge in [-0.1, -0.05) is 6.07 Å². The first-order valence-electron chi connectivity index (χ1n) is 7.26. The maximum atomic E-state index is 14.4. The van der Waals surface area contributed by atoms with Crippen LogP contribution in [0.1, 0.15) is 31.0 Å². The van der Waals surface area contributed by atoms with E-state index in [1.165, 1.54) is 0 Å². The molecule has 112 valence electrons. The summed E-state index contributed by atoms with van der Waals surface area (Å²) < 4.78 is 14.4. The van der Waals surface area contributed by atoms with Gasteiger partial charge in [0, 0.05) is 31.5 Å². The fourth-order valence-corrected chi connectivity index (χ4v) is 2.29. The lowest BCUT2D eigenvalue weighted by Crippen LogP contribution is -2.23. The molecule has 0 aliphatic rings. The molecule has 1 unspecified atom stereocenters. The molecule has 1 aromatic heterocycles. The number of halogens is 1. The fourth-order valence-electron chi connectivity index (χ4n) is 2.29. The fraction of sp³-hybridized carbons (Fsp3) is 0.353. The summed E-state index contributed by atoms with van der Waals surface area (Å²) >= 11 is 0. The van der Waals surface area contributed by atoms with Crippen LogP contribution in [0.3, 0.4) is 0 Å². The van der Waals surface area contributed by atoms with Crippen LogP contribution in [0.25, 0.3) is 0 Å². The number of benzene rings is 1. The Morgan fingerprint density at radius 2 is 1.95 bits per heavy atom. The summed E-state index contributed by atoms with van der Waals surface area (Å²) in [6.45, 7) is 5.48. The van der Waals surface area contributed by atoms with E-state index in [4.69, 9.17) is 0 Å². The number of anilines is 1.